The number of hydrogen-bond acceptors (Lipinski definition) is 10. The molecule has 1 aliphatic heterocycles. The maximum atomic E-state index is 14.1. The summed E-state index contributed by atoms with van der Waals surface area (Å²) in [5, 5.41) is 19.6. The summed E-state index contributed by atoms with van der Waals surface area (Å²) >= 11 is 0. The van der Waals surface area contributed by atoms with E-state index in [1.165, 1.54) is 32.7 Å². The predicted molar refractivity (Wildman–Crippen MR) is 191 cm³/mol. The van der Waals surface area contributed by atoms with Gasteiger partial charge in [-0.15, -0.1) is 0 Å². The molecule has 0 aromatic heterocycles. The molecule has 15 nitrogen and oxygen atoms in total. The summed E-state index contributed by atoms with van der Waals surface area (Å²) in [6.45, 7) is 5.95. The van der Waals surface area contributed by atoms with Gasteiger partial charge in [0.2, 0.25) is 29.5 Å². The highest BCUT2D eigenvalue weighted by atomic mass is 16.5. The molecule has 51 heavy (non-hydrogen) atoms. The number of hydrogen-bond donors (Lipinski definition) is 4. The molecule has 1 aliphatic rings. The maximum absolute atomic E-state index is 14.1. The van der Waals surface area contributed by atoms with Gasteiger partial charge in [0.05, 0.1) is 6.07 Å². The third-order valence-electron chi connectivity index (χ3n) is 8.19. The lowest BCUT2D eigenvalue weighted by atomic mass is 9.93. The third kappa shape index (κ3) is 11.4. The number of ether oxygens (including phenoxy) is 2. The molecule has 276 valence electrons. The number of nitriles is 1. The molecule has 1 heterocycles. The molecule has 4 atom stereocenters. The van der Waals surface area contributed by atoms with Crippen LogP contribution in [-0.2, 0) is 30.4 Å². The van der Waals surface area contributed by atoms with Gasteiger partial charge in [-0.25, -0.2) is 0 Å². The van der Waals surface area contributed by atoms with Crippen molar-refractivity contribution in [2.75, 3.05) is 68.1 Å². The van der Waals surface area contributed by atoms with Crippen molar-refractivity contribution >= 4 is 29.5 Å². The minimum atomic E-state index is -1.25. The lowest BCUT2D eigenvalue weighted by molar-refractivity contribution is -0.142. The molecule has 4 N–H and O–H groups in total. The molecular weight excluding hydrogens is 656 g/mol. The summed E-state index contributed by atoms with van der Waals surface area (Å²) in [5.41, 5.74) is 2.26. The van der Waals surface area contributed by atoms with Crippen LogP contribution in [0.25, 0.3) is 11.1 Å². The Morgan fingerprint density at radius 2 is 1.51 bits per heavy atom. The molecule has 0 aliphatic carbocycles. The van der Waals surface area contributed by atoms with E-state index in [2.05, 4.69) is 21.3 Å². The molecule has 2 aromatic carbocycles. The summed E-state index contributed by atoms with van der Waals surface area (Å²) in [4.78, 5) is 71.4. The number of rotatable bonds is 13. The second-order valence-corrected chi connectivity index (χ2v) is 13.0. The second-order valence-electron chi connectivity index (χ2n) is 13.0. The first-order valence-electron chi connectivity index (χ1n) is 16.7. The molecule has 15 heteroatoms. The minimum absolute atomic E-state index is 0.0616. The van der Waals surface area contributed by atoms with Crippen molar-refractivity contribution in [1.29, 1.82) is 5.26 Å². The summed E-state index contributed by atoms with van der Waals surface area (Å²) in [7, 11) is 9.17. The Morgan fingerprint density at radius 1 is 0.922 bits per heavy atom. The van der Waals surface area contributed by atoms with Crippen molar-refractivity contribution in [2.45, 2.75) is 51.4 Å². The number of likely N-dealkylation sites (N-methyl/N-ethyl adjacent to an activating group) is 3. The zero-order valence-electron chi connectivity index (χ0n) is 30.7. The molecule has 0 unspecified atom stereocenters. The van der Waals surface area contributed by atoms with E-state index in [1.54, 1.807) is 30.3 Å². The average molecular weight is 707 g/mol. The normalized spacial score (nSPS) is 18.0. The van der Waals surface area contributed by atoms with E-state index in [9.17, 15) is 24.0 Å². The van der Waals surface area contributed by atoms with Crippen LogP contribution in [0.5, 0.6) is 11.5 Å². The summed E-state index contributed by atoms with van der Waals surface area (Å²) in [5.74, 6) is -1.85. The molecule has 0 spiro atoms. The van der Waals surface area contributed by atoms with Gasteiger partial charge in [-0.2, -0.15) is 5.26 Å². The van der Waals surface area contributed by atoms with E-state index in [1.807, 2.05) is 50.1 Å². The Bertz CT molecular complexity index is 1620. The van der Waals surface area contributed by atoms with Gasteiger partial charge in [0.25, 0.3) is 0 Å². The van der Waals surface area contributed by atoms with Crippen LogP contribution >= 0.6 is 0 Å². The van der Waals surface area contributed by atoms with Crippen molar-refractivity contribution < 1.29 is 33.4 Å². The van der Waals surface area contributed by atoms with E-state index < -0.39 is 53.7 Å². The summed E-state index contributed by atoms with van der Waals surface area (Å²) in [6.07, 6.45) is 0.0616. The highest BCUT2D eigenvalue weighted by molar-refractivity contribution is 5.96. The lowest BCUT2D eigenvalue weighted by Gasteiger charge is -2.32. The SMILES string of the molecule is CC(=O)N[C@@H](C)C(=O)N(C)[C@@H]1C(=O)N[C@@H](C)C(=O)N[C@H](C(=O)NCC#N)Cc2ccc(OCCN(C)C)c(c2)-c2cc1ccc2OCCN(C)C. The van der Waals surface area contributed by atoms with Gasteiger partial charge < -0.3 is 45.4 Å². The lowest BCUT2D eigenvalue weighted by Crippen LogP contribution is -2.55. The van der Waals surface area contributed by atoms with E-state index in [4.69, 9.17) is 14.7 Å². The smallest absolute Gasteiger partial charge is 0.248 e. The second kappa shape index (κ2) is 18.7. The summed E-state index contributed by atoms with van der Waals surface area (Å²) < 4.78 is 12.6. The maximum Gasteiger partial charge on any atom is 0.248 e. The number of carbonyl (C=O) groups is 5. The first-order chi connectivity index (χ1) is 24.1. The van der Waals surface area contributed by atoms with Gasteiger partial charge >= 0.3 is 0 Å². The highest BCUT2D eigenvalue weighted by Crippen LogP contribution is 2.40. The number of nitrogens with zero attached hydrogens (tertiary/aromatic N) is 4. The van der Waals surface area contributed by atoms with Gasteiger partial charge in [0, 0.05) is 44.6 Å². The molecule has 3 rings (SSSR count). The third-order valence-corrected chi connectivity index (χ3v) is 8.19. The van der Waals surface area contributed by atoms with E-state index >= 15 is 0 Å². The van der Waals surface area contributed by atoms with Gasteiger partial charge in [0.1, 0.15) is 55.4 Å². The van der Waals surface area contributed by atoms with Gasteiger partial charge in [-0.3, -0.25) is 24.0 Å². The zero-order valence-corrected chi connectivity index (χ0v) is 30.7. The molecule has 0 saturated carbocycles. The van der Waals surface area contributed by atoms with Crippen molar-refractivity contribution in [3.05, 3.63) is 47.5 Å². The number of fused-ring (bicyclic) bond motifs is 5. The van der Waals surface area contributed by atoms with Crippen molar-refractivity contribution in [3.8, 4) is 28.7 Å². The van der Waals surface area contributed by atoms with E-state index in [0.717, 1.165) is 0 Å². The first-order valence-corrected chi connectivity index (χ1v) is 16.7. The van der Waals surface area contributed by atoms with Crippen LogP contribution in [0, 0.1) is 11.3 Å². The van der Waals surface area contributed by atoms with Crippen LogP contribution in [0.1, 0.15) is 37.9 Å². The van der Waals surface area contributed by atoms with Crippen molar-refractivity contribution in [3.63, 3.8) is 0 Å². The number of benzene rings is 2. The number of amides is 5. The Balaban J connectivity index is 2.31. The quantitative estimate of drug-likeness (QED) is 0.213. The van der Waals surface area contributed by atoms with Crippen LogP contribution in [0.4, 0.5) is 0 Å². The highest BCUT2D eigenvalue weighted by Gasteiger charge is 2.35. The van der Waals surface area contributed by atoms with E-state index in [0.29, 0.717) is 60.1 Å². The zero-order chi connectivity index (χ0) is 37.8. The van der Waals surface area contributed by atoms with Crippen LogP contribution in [-0.4, -0.2) is 130 Å². The molecule has 2 aromatic rings. The molecule has 4 bridgehead atoms. The van der Waals surface area contributed by atoms with Gasteiger partial charge in [0.15, 0.2) is 0 Å². The van der Waals surface area contributed by atoms with Crippen LogP contribution in [0.3, 0.4) is 0 Å². The molecule has 5 amide bonds. The standard InChI is InChI=1S/C36H50N8O7/c1-22-33(46)41-29(34(47)38-14-13-37)20-25-9-11-30(50-17-15-42(4)5)27(19-25)28-21-26(10-12-31(28)51-18-16-43(6)7)32(35(48)40-22)44(8)36(49)23(2)39-24(3)45/h9-12,19,21-23,29,32H,14-18,20H2,1-8H3,(H,38,47)(H,39,45)(H,40,48)(H,41,46)/t22-,23-,29-,32-/m0/s1. The molecule has 0 radical (unpaired) electrons. The fourth-order valence-electron chi connectivity index (χ4n) is 5.47. The molecule has 0 saturated heterocycles. The fraction of sp³-hybridized carbons (Fsp3) is 0.500. The number of nitrogens with one attached hydrogen (secondary N) is 4. The van der Waals surface area contributed by atoms with Gasteiger partial charge in [-0.05, 0) is 77.4 Å². The molecular formula is C36H50N8O7. The fourth-order valence-corrected chi connectivity index (χ4v) is 5.47. The largest absolute Gasteiger partial charge is 0.492 e. The van der Waals surface area contributed by atoms with Gasteiger partial charge in [-0.1, -0.05) is 12.1 Å². The Labute approximate surface area is 299 Å². The van der Waals surface area contributed by atoms with E-state index in [-0.39, 0.29) is 13.0 Å². The molecule has 0 fully saturated rings. The first kappa shape index (κ1) is 40.2. The number of carbonyl (C=O) groups excluding carboxylic acids is 5. The Morgan fingerprint density at radius 3 is 2.08 bits per heavy atom. The van der Waals surface area contributed by atoms with Crippen LogP contribution in [0.2, 0.25) is 0 Å². The van der Waals surface area contributed by atoms with Crippen molar-refractivity contribution in [1.82, 2.24) is 36.0 Å². The van der Waals surface area contributed by atoms with Crippen molar-refractivity contribution in [2.24, 2.45) is 0 Å². The van der Waals surface area contributed by atoms with Crippen LogP contribution in [0.15, 0.2) is 36.4 Å². The summed E-state index contributed by atoms with van der Waals surface area (Å²) in [6, 6.07) is 8.05. The van der Waals surface area contributed by atoms with Crippen LogP contribution < -0.4 is 30.7 Å². The predicted octanol–water partition coefficient (Wildman–Crippen LogP) is 0.444. The average Bonchev–Trinajstić information content (AvgIpc) is 3.06. The monoisotopic (exact) mass is 706 g/mol. The Kier molecular flexibility index (Phi) is 14.7. The Hall–Kier alpha value is -5.20. The topological polar surface area (TPSA) is 185 Å². The minimum Gasteiger partial charge on any atom is -0.492 e.